The number of nitrogens with one attached hydrogen (secondary N) is 1. The molecule has 0 radical (unpaired) electrons. The molecule has 0 bridgehead atoms. The van der Waals surface area contributed by atoms with Crippen LogP contribution in [0.5, 0.6) is 23.0 Å². The molecule has 0 atom stereocenters. The minimum atomic E-state index is -0.0777. The number of benzene rings is 2. The van der Waals surface area contributed by atoms with E-state index in [1.165, 1.54) is 0 Å². The van der Waals surface area contributed by atoms with Crippen molar-refractivity contribution in [3.05, 3.63) is 46.5 Å². The van der Waals surface area contributed by atoms with Crippen LogP contribution in [0.2, 0.25) is 5.02 Å². The van der Waals surface area contributed by atoms with Crippen molar-refractivity contribution in [3.63, 3.8) is 0 Å². The first-order valence-corrected chi connectivity index (χ1v) is 9.54. The second-order valence-electron chi connectivity index (χ2n) is 6.42. The maximum absolute atomic E-state index is 12.3. The lowest BCUT2D eigenvalue weighted by Crippen LogP contribution is -2.27. The number of rotatable bonds is 7. The Morgan fingerprint density at radius 2 is 1.86 bits per heavy atom. The predicted molar refractivity (Wildman–Crippen MR) is 107 cm³/mol. The maximum atomic E-state index is 12.3. The lowest BCUT2D eigenvalue weighted by molar-refractivity contribution is -0.120. The zero-order valence-electron chi connectivity index (χ0n) is 16.0. The van der Waals surface area contributed by atoms with Crippen LogP contribution in [-0.2, 0) is 17.6 Å². The number of hydrogen-bond donors (Lipinski definition) is 1. The number of carbonyl (C=O) groups is 1. The van der Waals surface area contributed by atoms with Crippen LogP contribution >= 0.6 is 11.6 Å². The van der Waals surface area contributed by atoms with Gasteiger partial charge < -0.3 is 24.3 Å². The standard InChI is InChI=1S/C21H24ClNO5/c1-25-17-5-4-14(11-18(17)26-2)6-7-23-20(24)13-15-10-16(22)21-19(12-15)27-8-3-9-28-21/h4-5,10-12H,3,6-9,13H2,1-2H3,(H,23,24). The van der Waals surface area contributed by atoms with E-state index in [1.807, 2.05) is 24.3 Å². The topological polar surface area (TPSA) is 66.0 Å². The van der Waals surface area contributed by atoms with Crippen LogP contribution in [0.15, 0.2) is 30.3 Å². The van der Waals surface area contributed by atoms with Crippen LogP contribution in [0.1, 0.15) is 17.5 Å². The van der Waals surface area contributed by atoms with Crippen LogP contribution in [-0.4, -0.2) is 39.9 Å². The summed E-state index contributed by atoms with van der Waals surface area (Å²) in [6, 6.07) is 9.30. The zero-order chi connectivity index (χ0) is 19.9. The average Bonchev–Trinajstić information content (AvgIpc) is 2.93. The van der Waals surface area contributed by atoms with Gasteiger partial charge in [0.05, 0.1) is 38.9 Å². The molecule has 1 amide bonds. The minimum absolute atomic E-state index is 0.0777. The molecule has 0 aliphatic carbocycles. The van der Waals surface area contributed by atoms with Crippen LogP contribution in [0.25, 0.3) is 0 Å². The van der Waals surface area contributed by atoms with Crippen molar-refractivity contribution in [2.24, 2.45) is 0 Å². The summed E-state index contributed by atoms with van der Waals surface area (Å²) >= 11 is 6.28. The molecule has 6 nitrogen and oxygen atoms in total. The van der Waals surface area contributed by atoms with Crippen molar-refractivity contribution in [2.75, 3.05) is 34.0 Å². The second-order valence-corrected chi connectivity index (χ2v) is 6.83. The Hall–Kier alpha value is -2.60. The van der Waals surface area contributed by atoms with Crippen molar-refractivity contribution in [1.82, 2.24) is 5.32 Å². The fraction of sp³-hybridized carbons (Fsp3) is 0.381. The first kappa shape index (κ1) is 20.1. The maximum Gasteiger partial charge on any atom is 0.224 e. The molecule has 150 valence electrons. The monoisotopic (exact) mass is 405 g/mol. The van der Waals surface area contributed by atoms with Gasteiger partial charge in [-0.15, -0.1) is 0 Å². The summed E-state index contributed by atoms with van der Waals surface area (Å²) in [5.74, 6) is 2.43. The van der Waals surface area contributed by atoms with Gasteiger partial charge in [0.25, 0.3) is 0 Å². The van der Waals surface area contributed by atoms with Crippen molar-refractivity contribution in [2.45, 2.75) is 19.3 Å². The molecule has 0 saturated carbocycles. The molecule has 0 saturated heterocycles. The molecular formula is C21H24ClNO5. The van der Waals surface area contributed by atoms with Crippen LogP contribution in [0, 0.1) is 0 Å². The number of amides is 1. The van der Waals surface area contributed by atoms with E-state index in [9.17, 15) is 4.79 Å². The van der Waals surface area contributed by atoms with Crippen LogP contribution < -0.4 is 24.3 Å². The van der Waals surface area contributed by atoms with Gasteiger partial charge in [0, 0.05) is 13.0 Å². The summed E-state index contributed by atoms with van der Waals surface area (Å²) in [5, 5.41) is 3.40. The van der Waals surface area contributed by atoms with Gasteiger partial charge in [0.2, 0.25) is 5.91 Å². The fourth-order valence-electron chi connectivity index (χ4n) is 3.02. The van der Waals surface area contributed by atoms with Gasteiger partial charge >= 0.3 is 0 Å². The molecule has 0 unspecified atom stereocenters. The summed E-state index contributed by atoms with van der Waals surface area (Å²) in [7, 11) is 3.20. The number of ether oxygens (including phenoxy) is 4. The third kappa shape index (κ3) is 5.01. The van der Waals surface area contributed by atoms with Gasteiger partial charge in [-0.2, -0.15) is 0 Å². The lowest BCUT2D eigenvalue weighted by atomic mass is 10.1. The molecule has 1 heterocycles. The number of methoxy groups -OCH3 is 2. The highest BCUT2D eigenvalue weighted by atomic mass is 35.5. The molecule has 28 heavy (non-hydrogen) atoms. The van der Waals surface area contributed by atoms with Gasteiger partial charge in [-0.05, 0) is 41.8 Å². The Kier molecular flexibility index (Phi) is 6.87. The summed E-state index contributed by atoms with van der Waals surface area (Å²) in [6.45, 7) is 1.67. The van der Waals surface area contributed by atoms with Gasteiger partial charge in [0.1, 0.15) is 0 Å². The Morgan fingerprint density at radius 1 is 1.07 bits per heavy atom. The molecule has 1 aliphatic heterocycles. The van der Waals surface area contributed by atoms with E-state index in [0.717, 1.165) is 17.5 Å². The van der Waals surface area contributed by atoms with E-state index in [1.54, 1.807) is 20.3 Å². The van der Waals surface area contributed by atoms with E-state index >= 15 is 0 Å². The van der Waals surface area contributed by atoms with Crippen molar-refractivity contribution in [1.29, 1.82) is 0 Å². The molecular weight excluding hydrogens is 382 g/mol. The SMILES string of the molecule is COc1ccc(CCNC(=O)Cc2cc(Cl)c3c(c2)OCCCO3)cc1OC. The number of carbonyl (C=O) groups excluding carboxylic acids is 1. The van der Waals surface area contributed by atoms with Gasteiger partial charge in [-0.3, -0.25) is 4.79 Å². The smallest absolute Gasteiger partial charge is 0.224 e. The molecule has 0 fully saturated rings. The van der Waals surface area contributed by atoms with Gasteiger partial charge in [-0.25, -0.2) is 0 Å². The largest absolute Gasteiger partial charge is 0.493 e. The number of hydrogen-bond acceptors (Lipinski definition) is 5. The van der Waals surface area contributed by atoms with Crippen molar-refractivity contribution >= 4 is 17.5 Å². The van der Waals surface area contributed by atoms with E-state index in [-0.39, 0.29) is 12.3 Å². The normalized spacial score (nSPS) is 12.8. The molecule has 7 heteroatoms. The first-order chi connectivity index (χ1) is 13.6. The highest BCUT2D eigenvalue weighted by molar-refractivity contribution is 6.32. The lowest BCUT2D eigenvalue weighted by Gasteiger charge is -2.12. The summed E-state index contributed by atoms with van der Waals surface area (Å²) in [5.41, 5.74) is 1.84. The van der Waals surface area contributed by atoms with Crippen molar-refractivity contribution < 1.29 is 23.7 Å². The summed E-state index contributed by atoms with van der Waals surface area (Å²) < 4.78 is 21.8. The highest BCUT2D eigenvalue weighted by Gasteiger charge is 2.16. The van der Waals surface area contributed by atoms with E-state index in [4.69, 9.17) is 30.5 Å². The molecule has 0 aromatic heterocycles. The Morgan fingerprint density at radius 3 is 2.64 bits per heavy atom. The third-order valence-electron chi connectivity index (χ3n) is 4.41. The molecule has 0 spiro atoms. The molecule has 3 rings (SSSR count). The average molecular weight is 406 g/mol. The Balaban J connectivity index is 1.55. The molecule has 1 N–H and O–H groups in total. The fourth-order valence-corrected chi connectivity index (χ4v) is 3.30. The molecule has 2 aromatic rings. The second kappa shape index (κ2) is 9.55. The predicted octanol–water partition coefficient (Wildman–Crippen LogP) is 3.42. The Bertz CT molecular complexity index is 840. The molecule has 2 aromatic carbocycles. The van der Waals surface area contributed by atoms with Gasteiger partial charge in [0.15, 0.2) is 23.0 Å². The number of fused-ring (bicyclic) bond motifs is 1. The third-order valence-corrected chi connectivity index (χ3v) is 4.69. The number of halogens is 1. The van der Waals surface area contributed by atoms with Crippen molar-refractivity contribution in [3.8, 4) is 23.0 Å². The quantitative estimate of drug-likeness (QED) is 0.764. The summed E-state index contributed by atoms with van der Waals surface area (Å²) in [6.07, 6.45) is 1.72. The van der Waals surface area contributed by atoms with E-state index in [2.05, 4.69) is 5.32 Å². The summed E-state index contributed by atoms with van der Waals surface area (Å²) in [4.78, 5) is 12.3. The molecule has 1 aliphatic rings. The van der Waals surface area contributed by atoms with E-state index < -0.39 is 0 Å². The Labute approximate surface area is 169 Å². The first-order valence-electron chi connectivity index (χ1n) is 9.16. The highest BCUT2D eigenvalue weighted by Crippen LogP contribution is 2.38. The van der Waals surface area contributed by atoms with Crippen LogP contribution in [0.3, 0.4) is 0 Å². The van der Waals surface area contributed by atoms with E-state index in [0.29, 0.717) is 54.2 Å². The van der Waals surface area contributed by atoms with Crippen LogP contribution in [0.4, 0.5) is 0 Å². The zero-order valence-corrected chi connectivity index (χ0v) is 16.8. The van der Waals surface area contributed by atoms with Gasteiger partial charge in [-0.1, -0.05) is 17.7 Å². The minimum Gasteiger partial charge on any atom is -0.493 e.